The van der Waals surface area contributed by atoms with Crippen LogP contribution >= 0.6 is 15.9 Å². The van der Waals surface area contributed by atoms with E-state index < -0.39 is 38.0 Å². The predicted octanol–water partition coefficient (Wildman–Crippen LogP) is 6.41. The normalized spacial score (nSPS) is 17.3. The molecule has 1 saturated heterocycles. The van der Waals surface area contributed by atoms with Crippen molar-refractivity contribution in [3.63, 3.8) is 0 Å². The standard InChI is InChI=1S/C36H31BrN2O6S2/c1-25-11-17-31(18-12-25)46(41,42)38-23-29(35-33(37)9-6-10-34(35)38)21-30(40)16-15-27-22-39(36(45-24-27)28-7-4-3-5-8-28)47(43,44)32-19-13-26(2)14-20-32/h3-14,17-20,23,27,36H,21-22,24H2,1-2H3/t27-,36+/m0/s1. The van der Waals surface area contributed by atoms with Crippen LogP contribution in [0.25, 0.3) is 10.9 Å². The number of aryl methyl sites for hydroxylation is 2. The molecule has 0 N–H and O–H groups in total. The van der Waals surface area contributed by atoms with Gasteiger partial charge < -0.3 is 4.74 Å². The molecular weight excluding hydrogens is 700 g/mol. The van der Waals surface area contributed by atoms with Crippen molar-refractivity contribution >= 4 is 52.7 Å². The van der Waals surface area contributed by atoms with Crippen molar-refractivity contribution in [2.24, 2.45) is 5.92 Å². The molecule has 0 radical (unpaired) electrons. The van der Waals surface area contributed by atoms with Crippen LogP contribution in [0.1, 0.15) is 28.5 Å². The summed E-state index contributed by atoms with van der Waals surface area (Å²) in [6.45, 7) is 3.91. The lowest BCUT2D eigenvalue weighted by Gasteiger charge is -2.37. The van der Waals surface area contributed by atoms with Crippen LogP contribution < -0.4 is 0 Å². The van der Waals surface area contributed by atoms with Gasteiger partial charge in [0.25, 0.3) is 10.0 Å². The predicted molar refractivity (Wildman–Crippen MR) is 184 cm³/mol. The molecule has 0 bridgehead atoms. The number of aromatic nitrogens is 1. The van der Waals surface area contributed by atoms with E-state index >= 15 is 0 Å². The Morgan fingerprint density at radius 3 is 2.09 bits per heavy atom. The van der Waals surface area contributed by atoms with Gasteiger partial charge >= 0.3 is 0 Å². The molecule has 240 valence electrons. The lowest BCUT2D eigenvalue weighted by molar-refractivity contribution is -0.113. The Hall–Kier alpha value is -4.05. The third-order valence-corrected chi connectivity index (χ3v) is 12.2. The van der Waals surface area contributed by atoms with E-state index in [0.29, 0.717) is 26.5 Å². The highest BCUT2D eigenvalue weighted by Crippen LogP contribution is 2.34. The van der Waals surface area contributed by atoms with Crippen molar-refractivity contribution in [3.8, 4) is 11.8 Å². The fourth-order valence-corrected chi connectivity index (χ4v) is 9.10. The smallest absolute Gasteiger partial charge is 0.268 e. The molecule has 2 heterocycles. The number of carbonyl (C=O) groups excluding carboxylic acids is 1. The average Bonchev–Trinajstić information content (AvgIpc) is 3.44. The minimum Gasteiger partial charge on any atom is -0.356 e. The Morgan fingerprint density at radius 2 is 1.45 bits per heavy atom. The summed E-state index contributed by atoms with van der Waals surface area (Å²) in [5, 5.41) is 0.598. The zero-order chi connectivity index (χ0) is 33.3. The zero-order valence-corrected chi connectivity index (χ0v) is 28.8. The van der Waals surface area contributed by atoms with Gasteiger partial charge in [0.15, 0.2) is 0 Å². The second-order valence-corrected chi connectivity index (χ2v) is 16.0. The summed E-state index contributed by atoms with van der Waals surface area (Å²) in [6, 6.07) is 27.5. The van der Waals surface area contributed by atoms with E-state index in [4.69, 9.17) is 4.74 Å². The number of fused-ring (bicyclic) bond motifs is 1. The second-order valence-electron chi connectivity index (χ2n) is 11.5. The van der Waals surface area contributed by atoms with Gasteiger partial charge in [0.05, 0.1) is 27.8 Å². The number of hydrogen-bond donors (Lipinski definition) is 0. The number of benzene rings is 4. The molecule has 47 heavy (non-hydrogen) atoms. The molecule has 0 unspecified atom stereocenters. The molecule has 6 rings (SSSR count). The van der Waals surface area contributed by atoms with Crippen molar-refractivity contribution in [3.05, 3.63) is 130 Å². The van der Waals surface area contributed by atoms with Gasteiger partial charge in [-0.2, -0.15) is 4.31 Å². The van der Waals surface area contributed by atoms with Gasteiger partial charge in [-0.3, -0.25) is 4.79 Å². The van der Waals surface area contributed by atoms with Crippen LogP contribution in [-0.4, -0.2) is 44.0 Å². The second kappa shape index (κ2) is 13.2. The van der Waals surface area contributed by atoms with E-state index in [1.165, 1.54) is 14.5 Å². The molecule has 1 aromatic heterocycles. The largest absolute Gasteiger partial charge is 0.356 e. The number of nitrogens with zero attached hydrogens (tertiary/aromatic N) is 2. The first-order chi connectivity index (χ1) is 22.4. The van der Waals surface area contributed by atoms with E-state index in [1.54, 1.807) is 66.7 Å². The molecule has 1 aliphatic rings. The summed E-state index contributed by atoms with van der Waals surface area (Å²) in [6.07, 6.45) is 0.470. The summed E-state index contributed by atoms with van der Waals surface area (Å²) < 4.78 is 64.2. The third-order valence-electron chi connectivity index (χ3n) is 8.00. The van der Waals surface area contributed by atoms with E-state index in [-0.39, 0.29) is 29.4 Å². The lowest BCUT2D eigenvalue weighted by Crippen LogP contribution is -2.45. The van der Waals surface area contributed by atoms with Crippen molar-refractivity contribution in [1.29, 1.82) is 0 Å². The maximum Gasteiger partial charge on any atom is 0.268 e. The fraction of sp³-hybridized carbons (Fsp3) is 0.194. The van der Waals surface area contributed by atoms with Crippen LogP contribution in [0, 0.1) is 31.6 Å². The Balaban J connectivity index is 1.28. The summed E-state index contributed by atoms with van der Waals surface area (Å²) in [5.41, 5.74) is 3.48. The van der Waals surface area contributed by atoms with Crippen LogP contribution in [0.5, 0.6) is 0 Å². The van der Waals surface area contributed by atoms with Gasteiger partial charge in [0.1, 0.15) is 6.23 Å². The fourth-order valence-electron chi connectivity index (χ4n) is 5.54. The molecule has 11 heteroatoms. The highest BCUT2D eigenvalue weighted by Gasteiger charge is 2.38. The zero-order valence-electron chi connectivity index (χ0n) is 25.6. The minimum atomic E-state index is -3.97. The highest BCUT2D eigenvalue weighted by atomic mass is 79.9. The number of hydrogen-bond acceptors (Lipinski definition) is 6. The van der Waals surface area contributed by atoms with Crippen molar-refractivity contribution in [2.45, 2.75) is 36.3 Å². The summed E-state index contributed by atoms with van der Waals surface area (Å²) in [7, 11) is -7.92. The molecule has 5 aromatic rings. The number of halogens is 1. The molecule has 1 aliphatic heterocycles. The topological polar surface area (TPSA) is 103 Å². The first-order valence-electron chi connectivity index (χ1n) is 14.9. The quantitative estimate of drug-likeness (QED) is 0.142. The maximum absolute atomic E-state index is 13.8. The van der Waals surface area contributed by atoms with E-state index in [2.05, 4.69) is 27.8 Å². The van der Waals surface area contributed by atoms with Crippen LogP contribution in [0.2, 0.25) is 0 Å². The summed E-state index contributed by atoms with van der Waals surface area (Å²) >= 11 is 3.52. The first kappa shape index (κ1) is 32.9. The van der Waals surface area contributed by atoms with Gasteiger partial charge in [-0.15, -0.1) is 0 Å². The average molecular weight is 732 g/mol. The number of rotatable bonds is 7. The van der Waals surface area contributed by atoms with Gasteiger partial charge in [-0.1, -0.05) is 93.6 Å². The molecule has 0 aliphatic carbocycles. The molecule has 0 spiro atoms. The SMILES string of the molecule is Cc1ccc(S(=O)(=O)N2C[C@H](C#CC(=O)Cc3cn(S(=O)(=O)c4ccc(C)cc4)c4cccc(Br)c34)CO[C@@H]2c2ccccc2)cc1. The van der Waals surface area contributed by atoms with Crippen molar-refractivity contribution < 1.29 is 26.4 Å². The number of ether oxygens (including phenoxy) is 1. The Labute approximate surface area is 283 Å². The molecule has 8 nitrogen and oxygen atoms in total. The Kier molecular flexibility index (Phi) is 9.25. The maximum atomic E-state index is 13.8. The van der Waals surface area contributed by atoms with Crippen LogP contribution in [0.15, 0.2) is 118 Å². The summed E-state index contributed by atoms with van der Waals surface area (Å²) in [5.74, 6) is 4.61. The van der Waals surface area contributed by atoms with E-state index in [1.807, 2.05) is 44.2 Å². The number of carbonyl (C=O) groups is 1. The minimum absolute atomic E-state index is 0.0235. The number of sulfonamides is 1. The first-order valence-corrected chi connectivity index (χ1v) is 18.5. The Morgan fingerprint density at radius 1 is 0.830 bits per heavy atom. The molecular formula is C36H31BrN2O6S2. The molecule has 4 aromatic carbocycles. The van der Waals surface area contributed by atoms with Crippen molar-refractivity contribution in [1.82, 2.24) is 8.28 Å². The van der Waals surface area contributed by atoms with E-state index in [9.17, 15) is 21.6 Å². The number of ketones is 1. The van der Waals surface area contributed by atoms with Gasteiger partial charge in [-0.05, 0) is 67.3 Å². The molecule has 0 amide bonds. The van der Waals surface area contributed by atoms with Crippen LogP contribution in [0.4, 0.5) is 0 Å². The lowest BCUT2D eigenvalue weighted by atomic mass is 10.1. The molecule has 2 atom stereocenters. The van der Waals surface area contributed by atoms with Crippen molar-refractivity contribution in [2.75, 3.05) is 13.2 Å². The Bertz CT molecular complexity index is 2240. The molecule has 1 fully saturated rings. The van der Waals surface area contributed by atoms with E-state index in [0.717, 1.165) is 11.1 Å². The van der Waals surface area contributed by atoms with Gasteiger partial charge in [-0.25, -0.2) is 20.8 Å². The monoisotopic (exact) mass is 730 g/mol. The van der Waals surface area contributed by atoms with Gasteiger partial charge in [0, 0.05) is 29.0 Å². The van der Waals surface area contributed by atoms with Crippen LogP contribution in [0.3, 0.4) is 0 Å². The summed E-state index contributed by atoms with van der Waals surface area (Å²) in [4.78, 5) is 13.5. The van der Waals surface area contributed by atoms with Crippen LogP contribution in [-0.2, 0) is 36.0 Å². The third kappa shape index (κ3) is 6.70. The molecule has 0 saturated carbocycles. The van der Waals surface area contributed by atoms with Gasteiger partial charge in [0.2, 0.25) is 15.8 Å². The highest BCUT2D eigenvalue weighted by molar-refractivity contribution is 9.10. The number of Topliss-reactive ketones (excluding diaryl/α,β-unsaturated/α-hetero) is 1.